The number of carboxylic acid groups (broad SMARTS) is 1. The van der Waals surface area contributed by atoms with E-state index in [4.69, 9.17) is 11.6 Å². The number of anilines is 1. The molecule has 2 N–H and O–H groups in total. The van der Waals surface area contributed by atoms with E-state index in [0.717, 1.165) is 24.8 Å². The van der Waals surface area contributed by atoms with Gasteiger partial charge in [-0.25, -0.2) is 8.78 Å². The van der Waals surface area contributed by atoms with Gasteiger partial charge in [-0.15, -0.1) is 10.2 Å². The Morgan fingerprint density at radius 3 is 2.49 bits per heavy atom. The van der Waals surface area contributed by atoms with E-state index >= 15 is 0 Å². The highest BCUT2D eigenvalue weighted by Crippen LogP contribution is 2.56. The number of rotatable bonds is 12. The molecule has 0 radical (unpaired) electrons. The van der Waals surface area contributed by atoms with Crippen molar-refractivity contribution in [2.24, 2.45) is 17.3 Å². The van der Waals surface area contributed by atoms with Gasteiger partial charge in [0.25, 0.3) is 5.92 Å². The molecule has 2 saturated carbocycles. The van der Waals surface area contributed by atoms with E-state index in [0.29, 0.717) is 28.4 Å². The molecule has 2 aliphatic carbocycles. The van der Waals surface area contributed by atoms with E-state index in [2.05, 4.69) is 43.2 Å². The summed E-state index contributed by atoms with van der Waals surface area (Å²) >= 11 is 6.26. The Morgan fingerprint density at radius 2 is 1.92 bits per heavy atom. The third kappa shape index (κ3) is 6.79. The Balaban J connectivity index is 1.56. The summed E-state index contributed by atoms with van der Waals surface area (Å²) < 4.78 is 30.4. The molecule has 1 aromatic heterocycles. The third-order valence-corrected chi connectivity index (χ3v) is 9.05. The minimum Gasteiger partial charge on any atom is -0.481 e. The second kappa shape index (κ2) is 11.1. The highest BCUT2D eigenvalue weighted by molar-refractivity contribution is 6.33. The van der Waals surface area contributed by atoms with Crippen molar-refractivity contribution in [1.29, 1.82) is 0 Å². The molecule has 4 rings (SSSR count). The molecule has 0 bridgehead atoms. The number of carboxylic acids is 1. The third-order valence-electron chi connectivity index (χ3n) is 8.73. The molecular weight excluding hydrogens is 526 g/mol. The van der Waals surface area contributed by atoms with Gasteiger partial charge in [-0.05, 0) is 67.6 Å². The van der Waals surface area contributed by atoms with Gasteiger partial charge in [0, 0.05) is 31.1 Å². The van der Waals surface area contributed by atoms with Crippen LogP contribution in [-0.2, 0) is 9.59 Å². The van der Waals surface area contributed by atoms with E-state index in [1.807, 2.05) is 13.0 Å². The number of aryl methyl sites for hydroxylation is 1. The van der Waals surface area contributed by atoms with Crippen molar-refractivity contribution in [2.75, 3.05) is 5.32 Å². The Kier molecular flexibility index (Phi) is 8.41. The monoisotopic (exact) mass is 564 g/mol. The number of alkyl halides is 2. The molecule has 2 fully saturated rings. The topological polar surface area (TPSA) is 97.1 Å². The van der Waals surface area contributed by atoms with Crippen LogP contribution in [0.1, 0.15) is 108 Å². The molecule has 1 heterocycles. The van der Waals surface area contributed by atoms with Crippen molar-refractivity contribution in [3.8, 4) is 0 Å². The molecule has 1 amide bonds. The Hall–Kier alpha value is -2.55. The molecule has 0 aliphatic heterocycles. The fraction of sp³-hybridized carbons (Fsp3) is 0.655. The van der Waals surface area contributed by atoms with Gasteiger partial charge in [0.05, 0.1) is 10.7 Å². The first-order chi connectivity index (χ1) is 18.2. The SMILES string of the molecule is Cc1ccc(NC(=O)C[C@H](CCC(=O)O)c2nnc([C@H]3C[C@@H](CC(C)(C)C(C)C)C3)n2C2CC2(F)F)c(Cl)c1. The first-order valence-corrected chi connectivity index (χ1v) is 14.2. The average Bonchev–Trinajstić information content (AvgIpc) is 3.22. The van der Waals surface area contributed by atoms with Crippen molar-refractivity contribution < 1.29 is 23.5 Å². The summed E-state index contributed by atoms with van der Waals surface area (Å²) in [5.41, 5.74) is 1.56. The van der Waals surface area contributed by atoms with Gasteiger partial charge in [-0.2, -0.15) is 0 Å². The van der Waals surface area contributed by atoms with Crippen LogP contribution in [0.2, 0.25) is 5.02 Å². The normalized spacial score (nSPS) is 22.8. The minimum absolute atomic E-state index is 0.0240. The summed E-state index contributed by atoms with van der Waals surface area (Å²) in [4.78, 5) is 24.4. The maximum atomic E-state index is 14.4. The van der Waals surface area contributed by atoms with Crippen LogP contribution in [0, 0.1) is 24.2 Å². The van der Waals surface area contributed by atoms with Crippen LogP contribution >= 0.6 is 11.6 Å². The molecule has 2 aromatic rings. The molecular formula is C29H39ClF2N4O3. The van der Waals surface area contributed by atoms with Gasteiger partial charge in [0.15, 0.2) is 0 Å². The quantitative estimate of drug-likeness (QED) is 0.280. The van der Waals surface area contributed by atoms with Gasteiger partial charge in [-0.1, -0.05) is 45.4 Å². The van der Waals surface area contributed by atoms with E-state index in [1.54, 1.807) is 12.1 Å². The number of carbonyl (C=O) groups excluding carboxylic acids is 1. The van der Waals surface area contributed by atoms with Crippen LogP contribution in [0.3, 0.4) is 0 Å². The molecule has 7 nitrogen and oxygen atoms in total. The lowest BCUT2D eigenvalue weighted by atomic mass is 9.65. The lowest BCUT2D eigenvalue weighted by Crippen LogP contribution is -2.31. The van der Waals surface area contributed by atoms with E-state index < -0.39 is 29.8 Å². The van der Waals surface area contributed by atoms with Crippen LogP contribution in [-0.4, -0.2) is 37.7 Å². The minimum atomic E-state index is -2.87. The van der Waals surface area contributed by atoms with Gasteiger partial charge in [0.2, 0.25) is 5.91 Å². The van der Waals surface area contributed by atoms with E-state index in [1.165, 1.54) is 4.57 Å². The summed E-state index contributed by atoms with van der Waals surface area (Å²) in [7, 11) is 0. The first-order valence-electron chi connectivity index (χ1n) is 13.8. The maximum Gasteiger partial charge on any atom is 0.303 e. The predicted molar refractivity (Wildman–Crippen MR) is 146 cm³/mol. The molecule has 39 heavy (non-hydrogen) atoms. The summed E-state index contributed by atoms with van der Waals surface area (Å²) in [5.74, 6) is -3.12. The molecule has 2 aliphatic rings. The van der Waals surface area contributed by atoms with Crippen molar-refractivity contribution in [2.45, 2.75) is 103 Å². The van der Waals surface area contributed by atoms with Crippen LogP contribution in [0.15, 0.2) is 18.2 Å². The van der Waals surface area contributed by atoms with Gasteiger partial charge in [-0.3, -0.25) is 9.59 Å². The summed E-state index contributed by atoms with van der Waals surface area (Å²) in [6, 6.07) is 4.17. The summed E-state index contributed by atoms with van der Waals surface area (Å²) in [6.45, 7) is 10.8. The number of nitrogens with one attached hydrogen (secondary N) is 1. The van der Waals surface area contributed by atoms with Crippen LogP contribution in [0.4, 0.5) is 14.5 Å². The fourth-order valence-corrected chi connectivity index (χ4v) is 5.81. The van der Waals surface area contributed by atoms with E-state index in [9.17, 15) is 23.5 Å². The van der Waals surface area contributed by atoms with Crippen molar-refractivity contribution in [1.82, 2.24) is 14.8 Å². The summed E-state index contributed by atoms with van der Waals surface area (Å²) in [6.07, 6.45) is 2.21. The van der Waals surface area contributed by atoms with Gasteiger partial charge < -0.3 is 15.0 Å². The average molecular weight is 565 g/mol. The number of aliphatic carboxylic acids is 1. The Labute approximate surface area is 233 Å². The molecule has 2 atom stereocenters. The van der Waals surface area contributed by atoms with Crippen molar-refractivity contribution >= 4 is 29.2 Å². The van der Waals surface area contributed by atoms with Crippen LogP contribution in [0.25, 0.3) is 0 Å². The smallest absolute Gasteiger partial charge is 0.303 e. The predicted octanol–water partition coefficient (Wildman–Crippen LogP) is 7.36. The molecule has 1 aromatic carbocycles. The molecule has 0 saturated heterocycles. The number of carbonyl (C=O) groups is 2. The zero-order valence-electron chi connectivity index (χ0n) is 23.3. The second-order valence-electron chi connectivity index (χ2n) is 12.5. The second-order valence-corrected chi connectivity index (χ2v) is 12.9. The number of halogens is 3. The van der Waals surface area contributed by atoms with Crippen LogP contribution < -0.4 is 5.32 Å². The zero-order valence-corrected chi connectivity index (χ0v) is 24.1. The standard InChI is InChI=1S/C29H39ClF2N4O3/c1-16(2)28(4,5)14-18-11-20(12-18)27-35-34-26(36(27)23-15-29(23,31)32)19(7-9-25(38)39)13-24(37)33-22-8-6-17(3)10-21(22)30/h6,8,10,16,18-20,23H,7,9,11-15H2,1-5H3,(H,33,37)(H,38,39)/t18-,19-,20+,23?/m0/s1. The van der Waals surface area contributed by atoms with Gasteiger partial charge in [0.1, 0.15) is 17.7 Å². The molecule has 214 valence electrons. The zero-order chi connectivity index (χ0) is 28.7. The maximum absolute atomic E-state index is 14.4. The summed E-state index contributed by atoms with van der Waals surface area (Å²) in [5, 5.41) is 21.2. The number of hydrogen-bond donors (Lipinski definition) is 2. The van der Waals surface area contributed by atoms with E-state index in [-0.39, 0.29) is 42.8 Å². The van der Waals surface area contributed by atoms with Crippen molar-refractivity contribution in [3.05, 3.63) is 40.4 Å². The lowest BCUT2D eigenvalue weighted by Gasteiger charge is -2.41. The first kappa shape index (κ1) is 29.4. The number of hydrogen-bond acceptors (Lipinski definition) is 4. The molecule has 10 heteroatoms. The largest absolute Gasteiger partial charge is 0.481 e. The van der Waals surface area contributed by atoms with Gasteiger partial charge >= 0.3 is 5.97 Å². The number of amides is 1. The Bertz CT molecular complexity index is 1220. The Morgan fingerprint density at radius 1 is 1.26 bits per heavy atom. The lowest BCUT2D eigenvalue weighted by molar-refractivity contribution is -0.137. The number of nitrogens with zero attached hydrogens (tertiary/aromatic N) is 3. The molecule has 0 spiro atoms. The number of aromatic nitrogens is 3. The van der Waals surface area contributed by atoms with Crippen LogP contribution in [0.5, 0.6) is 0 Å². The fourth-order valence-electron chi connectivity index (χ4n) is 5.53. The highest BCUT2D eigenvalue weighted by atomic mass is 35.5. The molecule has 1 unspecified atom stereocenters. The van der Waals surface area contributed by atoms with Crippen molar-refractivity contribution in [3.63, 3.8) is 0 Å². The highest BCUT2D eigenvalue weighted by Gasteiger charge is 2.60. The number of benzene rings is 1.